The zero-order valence-electron chi connectivity index (χ0n) is 16.4. The van der Waals surface area contributed by atoms with E-state index in [4.69, 9.17) is 14.0 Å². The summed E-state index contributed by atoms with van der Waals surface area (Å²) in [5.74, 6) is 2.54. The molecule has 2 aromatic heterocycles. The van der Waals surface area contributed by atoms with Crippen LogP contribution in [0.25, 0.3) is 11.1 Å². The molecule has 0 unspecified atom stereocenters. The van der Waals surface area contributed by atoms with E-state index in [0.717, 1.165) is 29.0 Å². The van der Waals surface area contributed by atoms with Gasteiger partial charge in [-0.2, -0.15) is 4.98 Å². The van der Waals surface area contributed by atoms with Crippen LogP contribution in [0.5, 0.6) is 11.5 Å². The monoisotopic (exact) mass is 367 g/mol. The van der Waals surface area contributed by atoms with E-state index in [9.17, 15) is 0 Å². The van der Waals surface area contributed by atoms with Gasteiger partial charge in [-0.05, 0) is 45.9 Å². The second kappa shape index (κ2) is 7.78. The van der Waals surface area contributed by atoms with Gasteiger partial charge in [0, 0.05) is 35.5 Å². The van der Waals surface area contributed by atoms with Crippen LogP contribution in [0.15, 0.2) is 41.1 Å². The van der Waals surface area contributed by atoms with Crippen molar-refractivity contribution in [1.82, 2.24) is 15.1 Å². The standard InChI is InChI=1S/C21H25N3O3/c1-6-19-23-20(27-24-19)13-25-18-12-15(26-21(3,4)5)9-10-17(18)16-8-7-11-22-14(16)2/h7-12H,6,13H2,1-5H3. The van der Waals surface area contributed by atoms with Crippen molar-refractivity contribution in [3.05, 3.63) is 53.9 Å². The maximum atomic E-state index is 6.04. The molecule has 0 fully saturated rings. The lowest BCUT2D eigenvalue weighted by Crippen LogP contribution is -2.22. The van der Waals surface area contributed by atoms with Gasteiger partial charge in [-0.15, -0.1) is 0 Å². The molecule has 0 bridgehead atoms. The van der Waals surface area contributed by atoms with Crippen LogP contribution in [0.1, 0.15) is 45.1 Å². The van der Waals surface area contributed by atoms with E-state index >= 15 is 0 Å². The molecule has 142 valence electrons. The van der Waals surface area contributed by atoms with Crippen LogP contribution in [-0.2, 0) is 13.0 Å². The van der Waals surface area contributed by atoms with Crippen LogP contribution in [0, 0.1) is 6.92 Å². The van der Waals surface area contributed by atoms with E-state index < -0.39 is 0 Å². The first-order valence-corrected chi connectivity index (χ1v) is 9.05. The third kappa shape index (κ3) is 4.84. The lowest BCUT2D eigenvalue weighted by Gasteiger charge is -2.22. The molecular weight excluding hydrogens is 342 g/mol. The maximum absolute atomic E-state index is 6.04. The molecule has 0 amide bonds. The zero-order valence-corrected chi connectivity index (χ0v) is 16.4. The average Bonchev–Trinajstić information content (AvgIpc) is 3.08. The molecular formula is C21H25N3O3. The molecule has 6 heteroatoms. The molecule has 0 saturated carbocycles. The first kappa shape index (κ1) is 18.9. The van der Waals surface area contributed by atoms with Crippen molar-refractivity contribution < 1.29 is 14.0 Å². The molecule has 3 rings (SSSR count). The molecule has 0 aliphatic heterocycles. The largest absolute Gasteiger partial charge is 0.488 e. The van der Waals surface area contributed by atoms with Gasteiger partial charge in [0.1, 0.15) is 17.1 Å². The van der Waals surface area contributed by atoms with Crippen molar-refractivity contribution in [3.63, 3.8) is 0 Å². The smallest absolute Gasteiger partial charge is 0.264 e. The molecule has 1 aromatic carbocycles. The van der Waals surface area contributed by atoms with Gasteiger partial charge in [-0.3, -0.25) is 4.98 Å². The molecule has 0 spiro atoms. The Kier molecular flexibility index (Phi) is 5.44. The number of nitrogens with zero attached hydrogens (tertiary/aromatic N) is 3. The first-order chi connectivity index (χ1) is 12.9. The fourth-order valence-electron chi connectivity index (χ4n) is 2.66. The topological polar surface area (TPSA) is 70.3 Å². The summed E-state index contributed by atoms with van der Waals surface area (Å²) in [5.41, 5.74) is 2.58. The van der Waals surface area contributed by atoms with Gasteiger partial charge in [-0.25, -0.2) is 0 Å². The molecule has 2 heterocycles. The Labute approximate surface area is 159 Å². The third-order valence-corrected chi connectivity index (χ3v) is 3.85. The maximum Gasteiger partial charge on any atom is 0.264 e. The summed E-state index contributed by atoms with van der Waals surface area (Å²) in [6, 6.07) is 9.77. The molecule has 6 nitrogen and oxygen atoms in total. The van der Waals surface area contributed by atoms with E-state index in [-0.39, 0.29) is 12.2 Å². The van der Waals surface area contributed by atoms with E-state index in [2.05, 4.69) is 15.1 Å². The van der Waals surface area contributed by atoms with Crippen molar-refractivity contribution in [2.24, 2.45) is 0 Å². The fourth-order valence-corrected chi connectivity index (χ4v) is 2.66. The van der Waals surface area contributed by atoms with Gasteiger partial charge in [-0.1, -0.05) is 18.1 Å². The summed E-state index contributed by atoms with van der Waals surface area (Å²) in [6.07, 6.45) is 2.50. The van der Waals surface area contributed by atoms with Gasteiger partial charge in [0.2, 0.25) is 0 Å². The van der Waals surface area contributed by atoms with Crippen molar-refractivity contribution in [2.75, 3.05) is 0 Å². The zero-order chi connectivity index (χ0) is 19.4. The Bertz CT molecular complexity index is 913. The van der Waals surface area contributed by atoms with Crippen LogP contribution >= 0.6 is 0 Å². The number of aryl methyl sites for hydroxylation is 2. The Morgan fingerprint density at radius 3 is 2.59 bits per heavy atom. The molecule has 0 saturated heterocycles. The molecule has 0 aliphatic rings. The Morgan fingerprint density at radius 2 is 1.93 bits per heavy atom. The normalized spacial score (nSPS) is 11.4. The highest BCUT2D eigenvalue weighted by atomic mass is 16.5. The fraction of sp³-hybridized carbons (Fsp3) is 0.381. The van der Waals surface area contributed by atoms with Gasteiger partial charge >= 0.3 is 0 Å². The number of pyridine rings is 1. The highest BCUT2D eigenvalue weighted by Gasteiger charge is 2.16. The molecule has 27 heavy (non-hydrogen) atoms. The minimum atomic E-state index is -0.300. The Morgan fingerprint density at radius 1 is 1.11 bits per heavy atom. The molecule has 3 aromatic rings. The highest BCUT2D eigenvalue weighted by molar-refractivity contribution is 5.73. The first-order valence-electron chi connectivity index (χ1n) is 9.05. The Balaban J connectivity index is 1.93. The second-order valence-corrected chi connectivity index (χ2v) is 7.26. The van der Waals surface area contributed by atoms with Crippen molar-refractivity contribution in [2.45, 2.75) is 53.2 Å². The van der Waals surface area contributed by atoms with Crippen LogP contribution in [0.2, 0.25) is 0 Å². The van der Waals surface area contributed by atoms with Crippen LogP contribution in [0.4, 0.5) is 0 Å². The van der Waals surface area contributed by atoms with Crippen molar-refractivity contribution in [3.8, 4) is 22.6 Å². The summed E-state index contributed by atoms with van der Waals surface area (Å²) in [6.45, 7) is 10.2. The van der Waals surface area contributed by atoms with Crippen LogP contribution in [0.3, 0.4) is 0 Å². The summed E-state index contributed by atoms with van der Waals surface area (Å²) in [7, 11) is 0. The number of benzene rings is 1. The number of hydrogen-bond donors (Lipinski definition) is 0. The van der Waals surface area contributed by atoms with E-state index in [0.29, 0.717) is 17.5 Å². The van der Waals surface area contributed by atoms with Crippen LogP contribution < -0.4 is 9.47 Å². The molecule has 0 N–H and O–H groups in total. The van der Waals surface area contributed by atoms with E-state index in [1.54, 1.807) is 6.20 Å². The number of hydrogen-bond acceptors (Lipinski definition) is 6. The molecule has 0 atom stereocenters. The van der Waals surface area contributed by atoms with Gasteiger partial charge in [0.15, 0.2) is 12.4 Å². The number of aromatic nitrogens is 3. The summed E-state index contributed by atoms with van der Waals surface area (Å²) in [5, 5.41) is 3.91. The van der Waals surface area contributed by atoms with Crippen LogP contribution in [-0.4, -0.2) is 20.7 Å². The lowest BCUT2D eigenvalue weighted by atomic mass is 10.0. The predicted octanol–water partition coefficient (Wildman–Crippen LogP) is 4.76. The SMILES string of the molecule is CCc1noc(COc2cc(OC(C)(C)C)ccc2-c2cccnc2C)n1. The van der Waals surface area contributed by atoms with Crippen molar-refractivity contribution in [1.29, 1.82) is 0 Å². The third-order valence-electron chi connectivity index (χ3n) is 3.85. The predicted molar refractivity (Wildman–Crippen MR) is 103 cm³/mol. The van der Waals surface area contributed by atoms with E-state index in [1.165, 1.54) is 0 Å². The molecule has 0 aliphatic carbocycles. The van der Waals surface area contributed by atoms with Gasteiger partial charge in [0.05, 0.1) is 0 Å². The average molecular weight is 367 g/mol. The van der Waals surface area contributed by atoms with Crippen molar-refractivity contribution >= 4 is 0 Å². The highest BCUT2D eigenvalue weighted by Crippen LogP contribution is 2.36. The summed E-state index contributed by atoms with van der Waals surface area (Å²) >= 11 is 0. The minimum Gasteiger partial charge on any atom is -0.488 e. The lowest BCUT2D eigenvalue weighted by molar-refractivity contribution is 0.130. The number of rotatable bonds is 6. The minimum absolute atomic E-state index is 0.193. The quantitative estimate of drug-likeness (QED) is 0.626. The molecule has 0 radical (unpaired) electrons. The summed E-state index contributed by atoms with van der Waals surface area (Å²) < 4.78 is 17.3. The van der Waals surface area contributed by atoms with E-state index in [1.807, 2.05) is 65.0 Å². The van der Waals surface area contributed by atoms with Gasteiger partial charge in [0.25, 0.3) is 5.89 Å². The van der Waals surface area contributed by atoms with Gasteiger partial charge < -0.3 is 14.0 Å². The Hall–Kier alpha value is -2.89. The summed E-state index contributed by atoms with van der Waals surface area (Å²) in [4.78, 5) is 8.68. The number of ether oxygens (including phenoxy) is 2. The second-order valence-electron chi connectivity index (χ2n) is 7.26.